The quantitative estimate of drug-likeness (QED) is 0.795. The van der Waals surface area contributed by atoms with E-state index in [1.165, 1.54) is 0 Å². The third-order valence-electron chi connectivity index (χ3n) is 3.04. The van der Waals surface area contributed by atoms with Crippen molar-refractivity contribution in [3.05, 3.63) is 54.5 Å². The summed E-state index contributed by atoms with van der Waals surface area (Å²) in [4.78, 5) is 12.8. The van der Waals surface area contributed by atoms with Crippen LogP contribution in [0.5, 0.6) is 11.8 Å². The van der Waals surface area contributed by atoms with Crippen LogP contribution in [0, 0.1) is 0 Å². The number of rotatable bonds is 4. The van der Waals surface area contributed by atoms with E-state index in [-0.39, 0.29) is 6.04 Å². The zero-order valence-electron chi connectivity index (χ0n) is 11.7. The highest BCUT2D eigenvalue weighted by Gasteiger charge is 2.06. The van der Waals surface area contributed by atoms with Gasteiger partial charge in [-0.1, -0.05) is 18.2 Å². The molecule has 1 unspecified atom stereocenters. The molecule has 106 valence electrons. The summed E-state index contributed by atoms with van der Waals surface area (Å²) in [5.74, 6) is 0.646. The molecule has 3 rings (SSSR count). The van der Waals surface area contributed by atoms with Gasteiger partial charge in [-0.25, -0.2) is 9.97 Å². The van der Waals surface area contributed by atoms with Crippen molar-refractivity contribution in [1.29, 1.82) is 0 Å². The van der Waals surface area contributed by atoms with Crippen LogP contribution >= 0.6 is 0 Å². The standard InChI is InChI=1S/C16H16N4O/c1-11(17)8-12-9-19-16(20-10-12)21-14-6-2-4-13-5-3-7-18-15(13)14/h2-7,9-11H,8,17H2,1H3. The molecule has 0 bridgehead atoms. The molecule has 0 aliphatic heterocycles. The Morgan fingerprint density at radius 3 is 2.62 bits per heavy atom. The second-order valence-corrected chi connectivity index (χ2v) is 4.99. The minimum absolute atomic E-state index is 0.0858. The predicted molar refractivity (Wildman–Crippen MR) is 81.2 cm³/mol. The van der Waals surface area contributed by atoms with Gasteiger partial charge < -0.3 is 10.5 Å². The van der Waals surface area contributed by atoms with Crippen molar-refractivity contribution in [1.82, 2.24) is 15.0 Å². The molecule has 0 aliphatic rings. The Bertz CT molecular complexity index is 735. The minimum atomic E-state index is 0.0858. The number of nitrogens with zero attached hydrogens (tertiary/aromatic N) is 3. The number of nitrogens with two attached hydrogens (primary N) is 1. The van der Waals surface area contributed by atoms with Gasteiger partial charge in [0.2, 0.25) is 0 Å². The molecular weight excluding hydrogens is 264 g/mol. The SMILES string of the molecule is CC(N)Cc1cnc(Oc2cccc3cccnc23)nc1. The Balaban J connectivity index is 1.85. The zero-order valence-corrected chi connectivity index (χ0v) is 11.7. The van der Waals surface area contributed by atoms with Crippen LogP contribution in [0.4, 0.5) is 0 Å². The first-order valence-corrected chi connectivity index (χ1v) is 6.80. The minimum Gasteiger partial charge on any atom is -0.422 e. The third-order valence-corrected chi connectivity index (χ3v) is 3.04. The van der Waals surface area contributed by atoms with Gasteiger partial charge in [0.15, 0.2) is 5.75 Å². The first kappa shape index (κ1) is 13.5. The van der Waals surface area contributed by atoms with Crippen molar-refractivity contribution < 1.29 is 4.74 Å². The molecule has 0 fully saturated rings. The van der Waals surface area contributed by atoms with Gasteiger partial charge in [-0.2, -0.15) is 0 Å². The number of para-hydroxylation sites is 1. The summed E-state index contributed by atoms with van der Waals surface area (Å²) in [6.07, 6.45) is 5.96. The maximum absolute atomic E-state index is 5.75. The van der Waals surface area contributed by atoms with Crippen LogP contribution in [0.3, 0.4) is 0 Å². The Kier molecular flexibility index (Phi) is 3.75. The molecule has 2 heterocycles. The number of pyridine rings is 1. The summed E-state index contributed by atoms with van der Waals surface area (Å²) in [6, 6.07) is 10.0. The van der Waals surface area contributed by atoms with Gasteiger partial charge in [-0.15, -0.1) is 0 Å². The molecule has 0 spiro atoms. The molecule has 0 radical (unpaired) electrons. The molecule has 3 aromatic rings. The lowest BCUT2D eigenvalue weighted by molar-refractivity contribution is 0.444. The molecule has 5 heteroatoms. The highest BCUT2D eigenvalue weighted by atomic mass is 16.5. The fourth-order valence-corrected chi connectivity index (χ4v) is 2.13. The molecule has 0 aliphatic carbocycles. The summed E-state index contributed by atoms with van der Waals surface area (Å²) in [5.41, 5.74) is 7.54. The monoisotopic (exact) mass is 280 g/mol. The molecule has 5 nitrogen and oxygen atoms in total. The van der Waals surface area contributed by atoms with Crippen LogP contribution in [-0.2, 0) is 6.42 Å². The summed E-state index contributed by atoms with van der Waals surface area (Å²) < 4.78 is 5.74. The first-order chi connectivity index (χ1) is 10.2. The van der Waals surface area contributed by atoms with Crippen molar-refractivity contribution in [3.63, 3.8) is 0 Å². The third kappa shape index (κ3) is 3.14. The fourth-order valence-electron chi connectivity index (χ4n) is 2.13. The van der Waals surface area contributed by atoms with E-state index < -0.39 is 0 Å². The van der Waals surface area contributed by atoms with Crippen molar-refractivity contribution >= 4 is 10.9 Å². The van der Waals surface area contributed by atoms with Crippen LogP contribution < -0.4 is 10.5 Å². The second-order valence-electron chi connectivity index (χ2n) is 4.99. The maximum Gasteiger partial charge on any atom is 0.321 e. The van der Waals surface area contributed by atoms with Crippen molar-refractivity contribution in [3.8, 4) is 11.8 Å². The smallest absolute Gasteiger partial charge is 0.321 e. The molecule has 21 heavy (non-hydrogen) atoms. The van der Waals surface area contributed by atoms with Crippen LogP contribution in [0.15, 0.2) is 48.9 Å². The summed E-state index contributed by atoms with van der Waals surface area (Å²) in [6.45, 7) is 1.95. The van der Waals surface area contributed by atoms with Crippen molar-refractivity contribution in [2.75, 3.05) is 0 Å². The van der Waals surface area contributed by atoms with E-state index in [9.17, 15) is 0 Å². The number of fused-ring (bicyclic) bond motifs is 1. The summed E-state index contributed by atoms with van der Waals surface area (Å²) >= 11 is 0. The van der Waals surface area contributed by atoms with Crippen LogP contribution in [0.25, 0.3) is 10.9 Å². The number of hydrogen-bond donors (Lipinski definition) is 1. The highest BCUT2D eigenvalue weighted by Crippen LogP contribution is 2.26. The van der Waals surface area contributed by atoms with Crippen LogP contribution in [0.2, 0.25) is 0 Å². The highest BCUT2D eigenvalue weighted by molar-refractivity contribution is 5.84. The molecular formula is C16H16N4O. The van der Waals surface area contributed by atoms with Gasteiger partial charge in [0.25, 0.3) is 0 Å². The Hall–Kier alpha value is -2.53. The molecule has 0 saturated carbocycles. The zero-order chi connectivity index (χ0) is 14.7. The van der Waals surface area contributed by atoms with Crippen LogP contribution in [-0.4, -0.2) is 21.0 Å². The van der Waals surface area contributed by atoms with Gasteiger partial charge in [-0.05, 0) is 31.0 Å². The molecule has 0 amide bonds. The van der Waals surface area contributed by atoms with E-state index >= 15 is 0 Å². The topological polar surface area (TPSA) is 73.9 Å². The average Bonchev–Trinajstić information content (AvgIpc) is 2.49. The van der Waals surface area contributed by atoms with Crippen LogP contribution in [0.1, 0.15) is 12.5 Å². The molecule has 0 saturated heterocycles. The maximum atomic E-state index is 5.75. The predicted octanol–water partition coefficient (Wildman–Crippen LogP) is 2.71. The summed E-state index contributed by atoms with van der Waals surface area (Å²) in [5, 5.41) is 1.02. The molecule has 1 atom stereocenters. The molecule has 1 aromatic carbocycles. The van der Waals surface area contributed by atoms with E-state index in [2.05, 4.69) is 15.0 Å². The average molecular weight is 280 g/mol. The van der Waals surface area contributed by atoms with Gasteiger partial charge in [-0.3, -0.25) is 4.98 Å². The lowest BCUT2D eigenvalue weighted by Crippen LogP contribution is -2.17. The van der Waals surface area contributed by atoms with Gasteiger partial charge in [0.1, 0.15) is 5.52 Å². The number of benzene rings is 1. The van der Waals surface area contributed by atoms with E-state index in [4.69, 9.17) is 10.5 Å². The second kappa shape index (κ2) is 5.85. The molecule has 2 aromatic heterocycles. The van der Waals surface area contributed by atoms with E-state index in [0.29, 0.717) is 11.8 Å². The normalized spacial score (nSPS) is 12.3. The van der Waals surface area contributed by atoms with Gasteiger partial charge >= 0.3 is 6.01 Å². The Morgan fingerprint density at radius 2 is 1.86 bits per heavy atom. The number of aromatic nitrogens is 3. The van der Waals surface area contributed by atoms with E-state index in [0.717, 1.165) is 22.9 Å². The number of hydrogen-bond acceptors (Lipinski definition) is 5. The largest absolute Gasteiger partial charge is 0.422 e. The first-order valence-electron chi connectivity index (χ1n) is 6.80. The van der Waals surface area contributed by atoms with Crippen molar-refractivity contribution in [2.45, 2.75) is 19.4 Å². The number of ether oxygens (including phenoxy) is 1. The Morgan fingerprint density at radius 1 is 1.10 bits per heavy atom. The Labute approximate surface area is 122 Å². The van der Waals surface area contributed by atoms with Gasteiger partial charge in [0.05, 0.1) is 0 Å². The fraction of sp³-hybridized carbons (Fsp3) is 0.188. The molecule has 2 N–H and O–H groups in total. The van der Waals surface area contributed by atoms with Crippen molar-refractivity contribution in [2.24, 2.45) is 5.73 Å². The van der Waals surface area contributed by atoms with Gasteiger partial charge in [0, 0.05) is 30.0 Å². The summed E-state index contributed by atoms with van der Waals surface area (Å²) in [7, 11) is 0. The lowest BCUT2D eigenvalue weighted by atomic mass is 10.1. The lowest BCUT2D eigenvalue weighted by Gasteiger charge is -2.08. The van der Waals surface area contributed by atoms with E-state index in [1.54, 1.807) is 18.6 Å². The van der Waals surface area contributed by atoms with E-state index in [1.807, 2.05) is 37.3 Å².